The summed E-state index contributed by atoms with van der Waals surface area (Å²) in [5.41, 5.74) is 2.09. The third kappa shape index (κ3) is 3.90. The smallest absolute Gasteiger partial charge is 0.346 e. The molecule has 1 atom stereocenters. The van der Waals surface area contributed by atoms with E-state index in [0.29, 0.717) is 21.9 Å². The van der Waals surface area contributed by atoms with Crippen molar-refractivity contribution in [3.8, 4) is 27.6 Å². The minimum atomic E-state index is -0.768. The lowest BCUT2D eigenvalue weighted by Gasteiger charge is -2.12. The normalized spacial score (nSPS) is 11.9. The highest BCUT2D eigenvalue weighted by molar-refractivity contribution is 7.13. The molecule has 0 N–H and O–H groups in total. The number of carbonyl (C=O) groups excluding carboxylic acids is 1. The summed E-state index contributed by atoms with van der Waals surface area (Å²) < 4.78 is 15.7. The average molecular weight is 407 g/mol. The van der Waals surface area contributed by atoms with Crippen molar-refractivity contribution in [1.82, 2.24) is 4.98 Å². The van der Waals surface area contributed by atoms with Gasteiger partial charge in [0.05, 0.1) is 18.4 Å². The fourth-order valence-electron chi connectivity index (χ4n) is 2.87. The minimum Gasteiger partial charge on any atom is -0.479 e. The lowest BCUT2D eigenvalue weighted by molar-refractivity contribution is -0.147. The number of nitrogens with zero attached hydrogens (tertiary/aromatic N) is 1. The summed E-state index contributed by atoms with van der Waals surface area (Å²) >= 11 is 1.39. The Morgan fingerprint density at radius 1 is 1.14 bits per heavy atom. The van der Waals surface area contributed by atoms with E-state index < -0.39 is 17.7 Å². The van der Waals surface area contributed by atoms with Crippen LogP contribution >= 0.6 is 11.3 Å². The van der Waals surface area contributed by atoms with E-state index in [2.05, 4.69) is 9.72 Å². The number of hydrogen-bond acceptors (Lipinski definition) is 7. The maximum Gasteiger partial charge on any atom is 0.346 e. The van der Waals surface area contributed by atoms with Crippen LogP contribution in [0.15, 0.2) is 69.2 Å². The molecule has 0 aliphatic heterocycles. The predicted octanol–water partition coefficient (Wildman–Crippen LogP) is 4.52. The van der Waals surface area contributed by atoms with E-state index in [9.17, 15) is 9.59 Å². The van der Waals surface area contributed by atoms with Crippen molar-refractivity contribution in [2.75, 3.05) is 7.11 Å². The van der Waals surface area contributed by atoms with Gasteiger partial charge in [0.2, 0.25) is 0 Å². The maximum atomic E-state index is 12.6. The lowest BCUT2D eigenvalue weighted by Crippen LogP contribution is -2.24. The Balaban J connectivity index is 1.66. The number of carbonyl (C=O) groups is 1. The van der Waals surface area contributed by atoms with Gasteiger partial charge in [0, 0.05) is 22.4 Å². The van der Waals surface area contributed by atoms with Crippen LogP contribution < -0.4 is 10.4 Å². The number of esters is 1. The first-order chi connectivity index (χ1) is 14.0. The summed E-state index contributed by atoms with van der Waals surface area (Å²) in [4.78, 5) is 28.7. The third-order valence-corrected chi connectivity index (χ3v) is 5.23. The van der Waals surface area contributed by atoms with E-state index in [1.165, 1.54) is 18.4 Å². The molecule has 4 aromatic rings. The number of ether oxygens (including phenoxy) is 2. The molecule has 2 heterocycles. The Morgan fingerprint density at radius 2 is 1.93 bits per heavy atom. The van der Waals surface area contributed by atoms with E-state index in [-0.39, 0.29) is 0 Å². The van der Waals surface area contributed by atoms with E-state index in [4.69, 9.17) is 9.15 Å². The third-order valence-electron chi connectivity index (χ3n) is 4.36. The number of thiazole rings is 1. The lowest BCUT2D eigenvalue weighted by atomic mass is 10.1. The fraction of sp³-hybridized carbons (Fsp3) is 0.136. The topological polar surface area (TPSA) is 78.6 Å². The molecule has 0 aliphatic carbocycles. The van der Waals surface area contributed by atoms with Gasteiger partial charge in [0.25, 0.3) is 0 Å². The van der Waals surface area contributed by atoms with Crippen LogP contribution in [-0.4, -0.2) is 24.2 Å². The summed E-state index contributed by atoms with van der Waals surface area (Å²) in [6, 6.07) is 16.6. The van der Waals surface area contributed by atoms with Crippen molar-refractivity contribution in [1.29, 1.82) is 0 Å². The Bertz CT molecular complexity index is 1230. The van der Waals surface area contributed by atoms with E-state index in [1.807, 2.05) is 35.7 Å². The highest BCUT2D eigenvalue weighted by Gasteiger charge is 2.16. The summed E-state index contributed by atoms with van der Waals surface area (Å²) in [6.07, 6.45) is -0.768. The second kappa shape index (κ2) is 7.89. The molecule has 6 nitrogen and oxygen atoms in total. The van der Waals surface area contributed by atoms with Crippen LogP contribution in [0.4, 0.5) is 0 Å². The first kappa shape index (κ1) is 18.9. The Kier molecular flexibility index (Phi) is 5.14. The Labute approximate surface area is 170 Å². The highest BCUT2D eigenvalue weighted by atomic mass is 32.1. The summed E-state index contributed by atoms with van der Waals surface area (Å²) in [7, 11) is 1.30. The molecule has 1 unspecified atom stereocenters. The molecule has 2 aromatic carbocycles. The van der Waals surface area contributed by atoms with Crippen LogP contribution in [0.1, 0.15) is 6.92 Å². The van der Waals surface area contributed by atoms with Crippen molar-refractivity contribution >= 4 is 28.3 Å². The molecular formula is C22H17NO5S. The van der Waals surface area contributed by atoms with Crippen LogP contribution in [0.25, 0.3) is 32.8 Å². The molecular weight excluding hydrogens is 390 g/mol. The van der Waals surface area contributed by atoms with Gasteiger partial charge < -0.3 is 13.9 Å². The van der Waals surface area contributed by atoms with Gasteiger partial charge in [-0.05, 0) is 25.1 Å². The Morgan fingerprint density at radius 3 is 2.69 bits per heavy atom. The highest BCUT2D eigenvalue weighted by Crippen LogP contribution is 2.29. The first-order valence-corrected chi connectivity index (χ1v) is 9.77. The molecule has 146 valence electrons. The minimum absolute atomic E-state index is 0.369. The fourth-order valence-corrected chi connectivity index (χ4v) is 3.70. The molecule has 0 bridgehead atoms. The predicted molar refractivity (Wildman–Crippen MR) is 111 cm³/mol. The van der Waals surface area contributed by atoms with Crippen molar-refractivity contribution < 1.29 is 18.7 Å². The number of rotatable bonds is 5. The average Bonchev–Trinajstić information content (AvgIpc) is 3.23. The zero-order valence-corrected chi connectivity index (χ0v) is 16.6. The Hall–Kier alpha value is -3.45. The summed E-state index contributed by atoms with van der Waals surface area (Å²) in [6.45, 7) is 1.59. The maximum absolute atomic E-state index is 12.6. The standard InChI is InChI=1S/C22H17NO5S/c1-13(21(24)26-2)27-16-9-8-15-10-17(22(25)28-19(15)11-16)20-23-18(12-29-20)14-6-4-3-5-7-14/h3-13H,1-2H3. The monoisotopic (exact) mass is 407 g/mol. The van der Waals surface area contributed by atoms with Gasteiger partial charge in [-0.2, -0.15) is 0 Å². The van der Waals surface area contributed by atoms with Crippen LogP contribution in [0.3, 0.4) is 0 Å². The van der Waals surface area contributed by atoms with Crippen molar-refractivity contribution in [3.05, 3.63) is 70.4 Å². The summed E-state index contributed by atoms with van der Waals surface area (Å²) in [5.74, 6) is -0.0770. The van der Waals surface area contributed by atoms with Gasteiger partial charge in [0.1, 0.15) is 16.3 Å². The number of aromatic nitrogens is 1. The number of methoxy groups -OCH3 is 1. The van der Waals surface area contributed by atoms with Gasteiger partial charge in [-0.1, -0.05) is 30.3 Å². The van der Waals surface area contributed by atoms with Gasteiger partial charge >= 0.3 is 11.6 Å². The van der Waals surface area contributed by atoms with Gasteiger partial charge in [-0.25, -0.2) is 14.6 Å². The van der Waals surface area contributed by atoms with Crippen LogP contribution in [0, 0.1) is 0 Å². The molecule has 0 aliphatic rings. The summed E-state index contributed by atoms with van der Waals surface area (Å²) in [5, 5.41) is 3.24. The SMILES string of the molecule is COC(=O)C(C)Oc1ccc2cc(-c3nc(-c4ccccc4)cs3)c(=O)oc2c1. The van der Waals surface area contributed by atoms with Crippen LogP contribution in [0.2, 0.25) is 0 Å². The largest absolute Gasteiger partial charge is 0.479 e. The van der Waals surface area contributed by atoms with E-state index >= 15 is 0 Å². The number of benzene rings is 2. The first-order valence-electron chi connectivity index (χ1n) is 8.89. The molecule has 7 heteroatoms. The molecule has 4 rings (SSSR count). The van der Waals surface area contributed by atoms with Crippen molar-refractivity contribution in [2.24, 2.45) is 0 Å². The second-order valence-electron chi connectivity index (χ2n) is 6.33. The number of fused-ring (bicyclic) bond motifs is 1. The second-order valence-corrected chi connectivity index (χ2v) is 7.19. The zero-order chi connectivity index (χ0) is 20.4. The molecule has 29 heavy (non-hydrogen) atoms. The van der Waals surface area contributed by atoms with E-state index in [1.54, 1.807) is 31.2 Å². The van der Waals surface area contributed by atoms with E-state index in [0.717, 1.165) is 16.6 Å². The molecule has 0 amide bonds. The van der Waals surface area contributed by atoms with Gasteiger partial charge in [-0.15, -0.1) is 11.3 Å². The molecule has 0 saturated heterocycles. The number of hydrogen-bond donors (Lipinski definition) is 0. The quantitative estimate of drug-likeness (QED) is 0.357. The molecule has 0 saturated carbocycles. The van der Waals surface area contributed by atoms with Crippen molar-refractivity contribution in [3.63, 3.8) is 0 Å². The zero-order valence-electron chi connectivity index (χ0n) is 15.7. The molecule has 0 spiro atoms. The molecule has 0 radical (unpaired) electrons. The van der Waals surface area contributed by atoms with Gasteiger partial charge in [-0.3, -0.25) is 0 Å². The van der Waals surface area contributed by atoms with Crippen molar-refractivity contribution in [2.45, 2.75) is 13.0 Å². The van der Waals surface area contributed by atoms with Crippen LogP contribution in [-0.2, 0) is 9.53 Å². The van der Waals surface area contributed by atoms with Gasteiger partial charge in [0.15, 0.2) is 6.10 Å². The molecule has 2 aromatic heterocycles. The molecule has 0 fully saturated rings. The van der Waals surface area contributed by atoms with Crippen LogP contribution in [0.5, 0.6) is 5.75 Å².